The van der Waals surface area contributed by atoms with Gasteiger partial charge in [0, 0.05) is 6.54 Å². The van der Waals surface area contributed by atoms with Crippen LogP contribution in [0.3, 0.4) is 0 Å². The van der Waals surface area contributed by atoms with Crippen LogP contribution in [0.1, 0.15) is 43.7 Å². The second-order valence-electron chi connectivity index (χ2n) is 6.48. The van der Waals surface area contributed by atoms with Crippen LogP contribution in [0, 0.1) is 5.92 Å². The third kappa shape index (κ3) is 4.18. The van der Waals surface area contributed by atoms with Crippen LogP contribution in [0.25, 0.3) is 0 Å². The van der Waals surface area contributed by atoms with E-state index in [2.05, 4.69) is 41.5 Å². The number of nitrogens with two attached hydrogens (primary N) is 1. The molecular weight excluding hydrogens is 401 g/mol. The molecule has 1 aliphatic heterocycles. The number of hydrogen-bond donors (Lipinski definition) is 2. The van der Waals surface area contributed by atoms with Gasteiger partial charge in [-0.3, -0.25) is 4.99 Å². The van der Waals surface area contributed by atoms with Gasteiger partial charge < -0.3 is 15.8 Å². The Balaban J connectivity index is 0.00000192. The molecule has 4 nitrogen and oxygen atoms in total. The topological polar surface area (TPSA) is 59.6 Å². The number of guanidine groups is 1. The van der Waals surface area contributed by atoms with E-state index in [0.29, 0.717) is 12.5 Å². The van der Waals surface area contributed by atoms with Gasteiger partial charge in [-0.2, -0.15) is 0 Å². The number of rotatable bonds is 5. The first-order valence-corrected chi connectivity index (χ1v) is 8.49. The van der Waals surface area contributed by atoms with Crippen molar-refractivity contribution in [3.05, 3.63) is 35.4 Å². The zero-order valence-electron chi connectivity index (χ0n) is 13.9. The van der Waals surface area contributed by atoms with E-state index in [1.54, 1.807) is 0 Å². The fourth-order valence-corrected chi connectivity index (χ4v) is 3.37. The Labute approximate surface area is 156 Å². The second kappa shape index (κ2) is 8.33. The molecular formula is C18H28IN3O. The molecule has 1 aliphatic carbocycles. The summed E-state index contributed by atoms with van der Waals surface area (Å²) in [6, 6.07) is 8.55. The molecule has 1 aromatic carbocycles. The summed E-state index contributed by atoms with van der Waals surface area (Å²) < 4.78 is 6.16. The molecule has 1 atom stereocenters. The zero-order chi connectivity index (χ0) is 15.4. The van der Waals surface area contributed by atoms with E-state index >= 15 is 0 Å². The molecule has 0 aromatic heterocycles. The molecule has 1 aromatic rings. The molecule has 1 unspecified atom stereocenters. The Morgan fingerprint density at radius 3 is 2.87 bits per heavy atom. The molecule has 1 saturated carbocycles. The molecule has 5 heteroatoms. The van der Waals surface area contributed by atoms with Crippen LogP contribution in [0.5, 0.6) is 0 Å². The molecule has 0 radical (unpaired) electrons. The average molecular weight is 429 g/mol. The van der Waals surface area contributed by atoms with E-state index in [-0.39, 0.29) is 29.6 Å². The van der Waals surface area contributed by atoms with Crippen molar-refractivity contribution in [3.8, 4) is 0 Å². The Bertz CT molecular complexity index is 545. The Morgan fingerprint density at radius 1 is 1.39 bits per heavy atom. The van der Waals surface area contributed by atoms with Crippen molar-refractivity contribution in [2.75, 3.05) is 19.7 Å². The summed E-state index contributed by atoms with van der Waals surface area (Å²) in [5.74, 6) is 1.33. The first kappa shape index (κ1) is 18.5. The van der Waals surface area contributed by atoms with Crippen molar-refractivity contribution in [2.24, 2.45) is 16.6 Å². The lowest BCUT2D eigenvalue weighted by molar-refractivity contribution is -0.0559. The fourth-order valence-electron chi connectivity index (χ4n) is 3.37. The monoisotopic (exact) mass is 429 g/mol. The average Bonchev–Trinajstić information content (AvgIpc) is 2.51. The lowest BCUT2D eigenvalue weighted by atomic mass is 9.84. The van der Waals surface area contributed by atoms with Gasteiger partial charge in [0.15, 0.2) is 5.96 Å². The van der Waals surface area contributed by atoms with Crippen molar-refractivity contribution < 1.29 is 4.74 Å². The van der Waals surface area contributed by atoms with Crippen molar-refractivity contribution in [3.63, 3.8) is 0 Å². The van der Waals surface area contributed by atoms with E-state index in [0.717, 1.165) is 31.9 Å². The van der Waals surface area contributed by atoms with Gasteiger partial charge in [-0.05, 0) is 42.7 Å². The van der Waals surface area contributed by atoms with Crippen molar-refractivity contribution in [1.29, 1.82) is 0 Å². The number of ether oxygens (including phenoxy) is 1. The van der Waals surface area contributed by atoms with Gasteiger partial charge >= 0.3 is 0 Å². The zero-order valence-corrected chi connectivity index (χ0v) is 16.2. The predicted octanol–water partition coefficient (Wildman–Crippen LogP) is 3.19. The predicted molar refractivity (Wildman–Crippen MR) is 105 cm³/mol. The smallest absolute Gasteiger partial charge is 0.188 e. The standard InChI is InChI=1S/C18H27N3O.HI/c1-2-18(13-21-17(19)20-12-14-6-5-7-14)16-9-4-3-8-15(16)10-11-22-18;/h3-4,8-9,14H,2,5-7,10-13H2,1H3,(H3,19,20,21);1H. The molecule has 0 spiro atoms. The Kier molecular flexibility index (Phi) is 6.71. The molecule has 0 amide bonds. The van der Waals surface area contributed by atoms with E-state index in [1.165, 1.54) is 30.4 Å². The van der Waals surface area contributed by atoms with Gasteiger partial charge in [-0.15, -0.1) is 24.0 Å². The van der Waals surface area contributed by atoms with Gasteiger partial charge in [-0.1, -0.05) is 37.6 Å². The molecule has 2 aliphatic rings. The molecule has 23 heavy (non-hydrogen) atoms. The van der Waals surface area contributed by atoms with Crippen LogP contribution < -0.4 is 11.1 Å². The normalized spacial score (nSPS) is 24.3. The summed E-state index contributed by atoms with van der Waals surface area (Å²) in [4.78, 5) is 4.58. The Hall–Kier alpha value is -0.820. The number of hydrogen-bond acceptors (Lipinski definition) is 2. The van der Waals surface area contributed by atoms with Crippen LogP contribution in [0.4, 0.5) is 0 Å². The maximum absolute atomic E-state index is 6.16. The molecule has 3 N–H and O–H groups in total. The Morgan fingerprint density at radius 2 is 2.17 bits per heavy atom. The summed E-state index contributed by atoms with van der Waals surface area (Å²) in [5.41, 5.74) is 8.37. The van der Waals surface area contributed by atoms with Crippen molar-refractivity contribution >= 4 is 29.9 Å². The number of nitrogens with zero attached hydrogens (tertiary/aromatic N) is 1. The molecule has 3 rings (SSSR count). The lowest BCUT2D eigenvalue weighted by Crippen LogP contribution is -2.41. The molecule has 0 bridgehead atoms. The van der Waals surface area contributed by atoms with E-state index < -0.39 is 0 Å². The van der Waals surface area contributed by atoms with Gasteiger partial charge in [-0.25, -0.2) is 0 Å². The van der Waals surface area contributed by atoms with Gasteiger partial charge in [0.1, 0.15) is 5.60 Å². The molecule has 0 saturated heterocycles. The highest BCUT2D eigenvalue weighted by Gasteiger charge is 2.36. The number of benzene rings is 1. The summed E-state index contributed by atoms with van der Waals surface area (Å²) in [6.45, 7) is 4.46. The quantitative estimate of drug-likeness (QED) is 0.430. The summed E-state index contributed by atoms with van der Waals surface area (Å²) in [6.07, 6.45) is 5.87. The minimum atomic E-state index is -0.322. The lowest BCUT2D eigenvalue weighted by Gasteiger charge is -2.37. The van der Waals surface area contributed by atoms with Crippen molar-refractivity contribution in [2.45, 2.75) is 44.6 Å². The number of aliphatic imine (C=N–C) groups is 1. The number of halogens is 1. The number of fused-ring (bicyclic) bond motifs is 1. The SMILES string of the molecule is CCC1(CN=C(N)NCC2CCC2)OCCc2ccccc21.I. The maximum atomic E-state index is 6.16. The molecule has 128 valence electrons. The van der Waals surface area contributed by atoms with Gasteiger partial charge in [0.2, 0.25) is 0 Å². The van der Waals surface area contributed by atoms with E-state index in [1.807, 2.05) is 0 Å². The molecule has 1 fully saturated rings. The highest BCUT2D eigenvalue weighted by Crippen LogP contribution is 2.36. The maximum Gasteiger partial charge on any atom is 0.188 e. The van der Waals surface area contributed by atoms with Crippen LogP contribution in [0.2, 0.25) is 0 Å². The largest absolute Gasteiger partial charge is 0.370 e. The van der Waals surface area contributed by atoms with Crippen molar-refractivity contribution in [1.82, 2.24) is 5.32 Å². The first-order valence-electron chi connectivity index (χ1n) is 8.49. The van der Waals surface area contributed by atoms with E-state index in [4.69, 9.17) is 10.5 Å². The summed E-state index contributed by atoms with van der Waals surface area (Å²) in [5, 5.41) is 3.26. The summed E-state index contributed by atoms with van der Waals surface area (Å²) >= 11 is 0. The minimum Gasteiger partial charge on any atom is -0.370 e. The molecule has 1 heterocycles. The van der Waals surface area contributed by atoms with Crippen LogP contribution in [-0.4, -0.2) is 25.7 Å². The second-order valence-corrected chi connectivity index (χ2v) is 6.48. The third-order valence-electron chi connectivity index (χ3n) is 5.13. The first-order chi connectivity index (χ1) is 10.7. The third-order valence-corrected chi connectivity index (χ3v) is 5.13. The summed E-state index contributed by atoms with van der Waals surface area (Å²) in [7, 11) is 0. The fraction of sp³-hybridized carbons (Fsp3) is 0.611. The minimum absolute atomic E-state index is 0. The van der Waals surface area contributed by atoms with Gasteiger partial charge in [0.25, 0.3) is 0 Å². The number of nitrogens with one attached hydrogen (secondary N) is 1. The van der Waals surface area contributed by atoms with Gasteiger partial charge in [0.05, 0.1) is 13.2 Å². The highest BCUT2D eigenvalue weighted by molar-refractivity contribution is 14.0. The van der Waals surface area contributed by atoms with Crippen LogP contribution >= 0.6 is 24.0 Å². The van der Waals surface area contributed by atoms with Crippen LogP contribution in [-0.2, 0) is 16.8 Å². The van der Waals surface area contributed by atoms with Crippen LogP contribution in [0.15, 0.2) is 29.3 Å². The van der Waals surface area contributed by atoms with E-state index in [9.17, 15) is 0 Å². The highest BCUT2D eigenvalue weighted by atomic mass is 127.